The first-order chi connectivity index (χ1) is 8.70. The summed E-state index contributed by atoms with van der Waals surface area (Å²) in [5.74, 6) is 1.37. The van der Waals surface area contributed by atoms with Crippen LogP contribution in [0.1, 0.15) is 24.1 Å². The molecule has 96 valence electrons. The van der Waals surface area contributed by atoms with Crippen molar-refractivity contribution in [2.45, 2.75) is 25.9 Å². The Morgan fingerprint density at radius 3 is 3.11 bits per heavy atom. The van der Waals surface area contributed by atoms with Gasteiger partial charge in [0.15, 0.2) is 0 Å². The van der Waals surface area contributed by atoms with E-state index in [-0.39, 0.29) is 0 Å². The van der Waals surface area contributed by atoms with E-state index in [0.717, 1.165) is 23.7 Å². The molecule has 2 N–H and O–H groups in total. The average molecular weight is 250 g/mol. The minimum Gasteiger partial charge on any atom is -0.448 e. The number of carboxylic acid groups (broad SMARTS) is 1. The number of carbonyl (C=O) groups is 1. The summed E-state index contributed by atoms with van der Waals surface area (Å²) >= 11 is 0. The summed E-state index contributed by atoms with van der Waals surface area (Å²) < 4.78 is 0. The van der Waals surface area contributed by atoms with Crippen molar-refractivity contribution < 1.29 is 14.7 Å². The Balaban J connectivity index is 1.63. The number of nitrogens with one attached hydrogen (secondary N) is 1. The van der Waals surface area contributed by atoms with E-state index in [1.165, 1.54) is 17.9 Å². The van der Waals surface area contributed by atoms with Crippen molar-refractivity contribution >= 4 is 12.1 Å². The van der Waals surface area contributed by atoms with Gasteiger partial charge in [-0.15, -0.1) is 5.06 Å². The van der Waals surface area contributed by atoms with Crippen LogP contribution in [0.4, 0.5) is 10.7 Å². The Hall–Kier alpha value is -1.89. The number of fused-ring (bicyclic) bond motifs is 1. The molecular formula is C11H14N4O3. The first-order valence-corrected chi connectivity index (χ1v) is 5.95. The lowest BCUT2D eigenvalue weighted by Crippen LogP contribution is -2.20. The van der Waals surface area contributed by atoms with Crippen molar-refractivity contribution in [3.8, 4) is 0 Å². The second kappa shape index (κ2) is 4.41. The predicted molar refractivity (Wildman–Crippen MR) is 61.6 cm³/mol. The molecule has 1 aliphatic heterocycles. The van der Waals surface area contributed by atoms with Gasteiger partial charge in [-0.25, -0.2) is 14.8 Å². The molecule has 3 rings (SSSR count). The first-order valence-electron chi connectivity index (χ1n) is 5.95. The SMILES string of the molecule is O=C(O)ON1Cc2cnc(NCC3CC3)nc2C1. The van der Waals surface area contributed by atoms with Crippen molar-refractivity contribution in [3.63, 3.8) is 0 Å². The molecule has 0 saturated heterocycles. The fraction of sp³-hybridized carbons (Fsp3) is 0.545. The summed E-state index contributed by atoms with van der Waals surface area (Å²) in [5.41, 5.74) is 1.73. The highest BCUT2D eigenvalue weighted by Crippen LogP contribution is 2.28. The van der Waals surface area contributed by atoms with Crippen molar-refractivity contribution in [3.05, 3.63) is 17.5 Å². The van der Waals surface area contributed by atoms with Gasteiger partial charge < -0.3 is 15.3 Å². The molecule has 0 unspecified atom stereocenters. The van der Waals surface area contributed by atoms with Gasteiger partial charge in [-0.1, -0.05) is 0 Å². The molecule has 2 aliphatic rings. The molecule has 7 heteroatoms. The van der Waals surface area contributed by atoms with Gasteiger partial charge in [-0.05, 0) is 18.8 Å². The van der Waals surface area contributed by atoms with Gasteiger partial charge in [0.2, 0.25) is 5.95 Å². The molecule has 2 heterocycles. The molecule has 1 fully saturated rings. The van der Waals surface area contributed by atoms with Crippen molar-refractivity contribution in [2.75, 3.05) is 11.9 Å². The molecule has 1 aliphatic carbocycles. The van der Waals surface area contributed by atoms with Gasteiger partial charge in [0.05, 0.1) is 18.8 Å². The van der Waals surface area contributed by atoms with Crippen LogP contribution in [0.25, 0.3) is 0 Å². The maximum atomic E-state index is 10.4. The Morgan fingerprint density at radius 1 is 1.56 bits per heavy atom. The fourth-order valence-electron chi connectivity index (χ4n) is 1.94. The van der Waals surface area contributed by atoms with E-state index in [1.807, 2.05) is 0 Å². The maximum absolute atomic E-state index is 10.4. The predicted octanol–water partition coefficient (Wildman–Crippen LogP) is 1.22. The zero-order chi connectivity index (χ0) is 12.5. The molecule has 0 aromatic carbocycles. The molecule has 0 bridgehead atoms. The first kappa shape index (κ1) is 11.2. The third-order valence-electron chi connectivity index (χ3n) is 3.08. The van der Waals surface area contributed by atoms with E-state index in [9.17, 15) is 4.79 Å². The zero-order valence-electron chi connectivity index (χ0n) is 9.80. The Kier molecular flexibility index (Phi) is 2.75. The van der Waals surface area contributed by atoms with Gasteiger partial charge in [-0.3, -0.25) is 0 Å². The second-order valence-corrected chi connectivity index (χ2v) is 4.65. The number of rotatable bonds is 4. The third kappa shape index (κ3) is 2.51. The lowest BCUT2D eigenvalue weighted by atomic mass is 10.3. The molecule has 7 nitrogen and oxygen atoms in total. The summed E-state index contributed by atoms with van der Waals surface area (Å²) in [6.45, 7) is 1.70. The maximum Gasteiger partial charge on any atom is 0.525 e. The van der Waals surface area contributed by atoms with Crippen LogP contribution in [0.15, 0.2) is 6.20 Å². The molecule has 0 spiro atoms. The highest BCUT2D eigenvalue weighted by Gasteiger charge is 2.25. The third-order valence-corrected chi connectivity index (χ3v) is 3.08. The Morgan fingerprint density at radius 2 is 2.39 bits per heavy atom. The van der Waals surface area contributed by atoms with Crippen LogP contribution in [0, 0.1) is 5.92 Å². The molecular weight excluding hydrogens is 236 g/mol. The minimum atomic E-state index is -1.30. The van der Waals surface area contributed by atoms with Gasteiger partial charge in [-0.2, -0.15) is 0 Å². The van der Waals surface area contributed by atoms with Crippen molar-refractivity contribution in [2.24, 2.45) is 5.92 Å². The van der Waals surface area contributed by atoms with Gasteiger partial charge in [0, 0.05) is 18.3 Å². The van der Waals surface area contributed by atoms with Crippen molar-refractivity contribution in [1.29, 1.82) is 0 Å². The summed E-state index contributed by atoms with van der Waals surface area (Å²) in [5, 5.41) is 13.1. The van der Waals surface area contributed by atoms with Crippen LogP contribution >= 0.6 is 0 Å². The van der Waals surface area contributed by atoms with Crippen LogP contribution in [-0.4, -0.2) is 32.8 Å². The molecule has 0 atom stereocenters. The minimum absolute atomic E-state index is 0.377. The van der Waals surface area contributed by atoms with Crippen LogP contribution in [0.3, 0.4) is 0 Å². The summed E-state index contributed by atoms with van der Waals surface area (Å²) in [6, 6.07) is 0. The monoisotopic (exact) mass is 250 g/mol. The molecule has 18 heavy (non-hydrogen) atoms. The van der Waals surface area contributed by atoms with E-state index < -0.39 is 6.16 Å². The van der Waals surface area contributed by atoms with Gasteiger partial charge in [0.1, 0.15) is 0 Å². The normalized spacial score (nSPS) is 18.4. The summed E-state index contributed by atoms with van der Waals surface area (Å²) in [6.07, 6.45) is 2.97. The molecule has 1 aromatic rings. The number of anilines is 1. The summed E-state index contributed by atoms with van der Waals surface area (Å²) in [4.78, 5) is 23.6. The number of aromatic nitrogens is 2. The highest BCUT2D eigenvalue weighted by atomic mass is 16.8. The van der Waals surface area contributed by atoms with E-state index in [0.29, 0.717) is 19.0 Å². The lowest BCUT2D eigenvalue weighted by Gasteiger charge is -2.09. The van der Waals surface area contributed by atoms with E-state index in [4.69, 9.17) is 5.11 Å². The lowest BCUT2D eigenvalue weighted by molar-refractivity contribution is -0.125. The van der Waals surface area contributed by atoms with E-state index in [1.54, 1.807) is 6.20 Å². The molecule has 0 amide bonds. The Bertz CT molecular complexity index is 475. The van der Waals surface area contributed by atoms with Crippen LogP contribution < -0.4 is 5.32 Å². The van der Waals surface area contributed by atoms with Gasteiger partial charge in [0.25, 0.3) is 0 Å². The number of hydrogen-bond donors (Lipinski definition) is 2. The largest absolute Gasteiger partial charge is 0.525 e. The van der Waals surface area contributed by atoms with Crippen LogP contribution in [0.5, 0.6) is 0 Å². The topological polar surface area (TPSA) is 87.6 Å². The number of nitrogens with zero attached hydrogens (tertiary/aromatic N) is 3. The molecule has 1 aromatic heterocycles. The fourth-order valence-corrected chi connectivity index (χ4v) is 1.94. The smallest absolute Gasteiger partial charge is 0.448 e. The van der Waals surface area contributed by atoms with Crippen LogP contribution in [-0.2, 0) is 17.9 Å². The van der Waals surface area contributed by atoms with Crippen molar-refractivity contribution in [1.82, 2.24) is 15.0 Å². The van der Waals surface area contributed by atoms with E-state index in [2.05, 4.69) is 20.1 Å². The summed E-state index contributed by atoms with van der Waals surface area (Å²) in [7, 11) is 0. The zero-order valence-corrected chi connectivity index (χ0v) is 9.80. The average Bonchev–Trinajstić information content (AvgIpc) is 3.05. The van der Waals surface area contributed by atoms with Crippen LogP contribution in [0.2, 0.25) is 0 Å². The standard InChI is InChI=1S/C11H14N4O3/c16-11(17)18-15-5-8-4-13-10(14-9(8)6-15)12-3-7-1-2-7/h4,7H,1-3,5-6H2,(H,16,17)(H,12,13,14). The molecule has 1 saturated carbocycles. The number of hydroxylamine groups is 2. The highest BCUT2D eigenvalue weighted by molar-refractivity contribution is 5.56. The van der Waals surface area contributed by atoms with E-state index >= 15 is 0 Å². The Labute approximate surface area is 104 Å². The number of hydrogen-bond acceptors (Lipinski definition) is 6. The molecule has 0 radical (unpaired) electrons. The second-order valence-electron chi connectivity index (χ2n) is 4.65. The van der Waals surface area contributed by atoms with Gasteiger partial charge >= 0.3 is 6.16 Å². The quantitative estimate of drug-likeness (QED) is 0.830.